The summed E-state index contributed by atoms with van der Waals surface area (Å²) in [5.41, 5.74) is 4.20. The van der Waals surface area contributed by atoms with E-state index < -0.39 is 0 Å². The molecule has 0 spiro atoms. The zero-order valence-corrected chi connectivity index (χ0v) is 21.2. The highest BCUT2D eigenvalue weighted by Crippen LogP contribution is 2.35. The predicted octanol–water partition coefficient (Wildman–Crippen LogP) is 5.70. The summed E-state index contributed by atoms with van der Waals surface area (Å²) in [5.74, 6) is 1.21. The second kappa shape index (κ2) is 9.37. The number of aliphatic imine (C=N–C) groups is 1. The normalized spacial score (nSPS) is 12.7. The van der Waals surface area contributed by atoms with Crippen LogP contribution < -0.4 is 5.32 Å². The van der Waals surface area contributed by atoms with E-state index in [-0.39, 0.29) is 12.5 Å². The Balaban J connectivity index is 1.35. The van der Waals surface area contributed by atoms with Crippen molar-refractivity contribution in [2.24, 2.45) is 4.99 Å². The molecular formula is C27H23ClN6OS. The Hall–Kier alpha value is -3.75. The van der Waals surface area contributed by atoms with Crippen molar-refractivity contribution in [1.29, 1.82) is 0 Å². The number of fused-ring (bicyclic) bond motifs is 4. The van der Waals surface area contributed by atoms with Gasteiger partial charge in [-0.05, 0) is 30.7 Å². The molecule has 0 aliphatic carbocycles. The van der Waals surface area contributed by atoms with Crippen LogP contribution in [0.15, 0.2) is 65.7 Å². The van der Waals surface area contributed by atoms with Crippen LogP contribution in [0, 0.1) is 0 Å². The van der Waals surface area contributed by atoms with Crippen molar-refractivity contribution in [3.8, 4) is 5.00 Å². The smallest absolute Gasteiger partial charge is 0.268 e. The van der Waals surface area contributed by atoms with Crippen LogP contribution in [-0.4, -0.2) is 31.4 Å². The standard InChI is InChI=1S/C27H23ClN6OS/c1-2-7-17-13-19-25(18-9-4-5-10-20(18)28)29-14-23-32-33-24(34(23)27(19)36-17)15-30-26(35)22-12-16-8-3-6-11-21(16)31-22/h3-6,8-13,31H,2,7,14-15H2,1H3,(H,30,35). The molecule has 5 aromatic rings. The Morgan fingerprint density at radius 2 is 1.94 bits per heavy atom. The number of aryl methyl sites for hydroxylation is 1. The summed E-state index contributed by atoms with van der Waals surface area (Å²) in [5, 5.41) is 14.5. The van der Waals surface area contributed by atoms with Crippen molar-refractivity contribution in [2.75, 3.05) is 0 Å². The summed E-state index contributed by atoms with van der Waals surface area (Å²) in [6.45, 7) is 2.78. The molecule has 1 aliphatic heterocycles. The van der Waals surface area contributed by atoms with Crippen molar-refractivity contribution >= 4 is 45.5 Å². The van der Waals surface area contributed by atoms with Gasteiger partial charge in [0.25, 0.3) is 5.91 Å². The number of hydrogen-bond donors (Lipinski definition) is 2. The van der Waals surface area contributed by atoms with Crippen molar-refractivity contribution in [3.63, 3.8) is 0 Å². The first-order valence-electron chi connectivity index (χ1n) is 11.8. The quantitative estimate of drug-likeness (QED) is 0.305. The van der Waals surface area contributed by atoms with E-state index in [0.29, 0.717) is 23.1 Å². The molecule has 7 nitrogen and oxygen atoms in total. The minimum Gasteiger partial charge on any atom is -0.351 e. The van der Waals surface area contributed by atoms with Crippen LogP contribution in [0.5, 0.6) is 0 Å². The van der Waals surface area contributed by atoms with Gasteiger partial charge in [0.15, 0.2) is 11.6 Å². The SMILES string of the molecule is CCCc1cc2c(s1)-n1c(nnc1CNC(=O)c1cc3ccccc3[nH]1)CN=C2c1ccccc1Cl. The Bertz CT molecular complexity index is 1600. The lowest BCUT2D eigenvalue weighted by Crippen LogP contribution is -2.25. The lowest BCUT2D eigenvalue weighted by molar-refractivity contribution is 0.0945. The van der Waals surface area contributed by atoms with E-state index in [0.717, 1.165) is 51.4 Å². The lowest BCUT2D eigenvalue weighted by Gasteiger charge is -2.10. The van der Waals surface area contributed by atoms with Gasteiger partial charge in [0.1, 0.15) is 17.2 Å². The monoisotopic (exact) mass is 514 g/mol. The predicted molar refractivity (Wildman–Crippen MR) is 143 cm³/mol. The van der Waals surface area contributed by atoms with Gasteiger partial charge in [-0.15, -0.1) is 21.5 Å². The average molecular weight is 515 g/mol. The van der Waals surface area contributed by atoms with Gasteiger partial charge in [0.2, 0.25) is 0 Å². The minimum atomic E-state index is -0.191. The number of aromatic nitrogens is 4. The zero-order valence-electron chi connectivity index (χ0n) is 19.6. The van der Waals surface area contributed by atoms with Crippen LogP contribution in [0.4, 0.5) is 0 Å². The molecule has 6 rings (SSSR count). The number of para-hydroxylation sites is 1. The number of carbonyl (C=O) groups is 1. The molecule has 0 bridgehead atoms. The van der Waals surface area contributed by atoms with E-state index in [1.165, 1.54) is 4.88 Å². The van der Waals surface area contributed by atoms with E-state index in [1.54, 1.807) is 11.3 Å². The first-order valence-corrected chi connectivity index (χ1v) is 13.0. The second-order valence-corrected chi connectivity index (χ2v) is 10.2. The molecule has 36 heavy (non-hydrogen) atoms. The summed E-state index contributed by atoms with van der Waals surface area (Å²) in [6.07, 6.45) is 2.01. The molecule has 2 aromatic carbocycles. The number of carbonyl (C=O) groups excluding carboxylic acids is 1. The maximum atomic E-state index is 12.9. The van der Waals surface area contributed by atoms with Gasteiger partial charge in [-0.25, -0.2) is 0 Å². The summed E-state index contributed by atoms with van der Waals surface area (Å²) in [6, 6.07) is 19.6. The van der Waals surface area contributed by atoms with Crippen LogP contribution >= 0.6 is 22.9 Å². The number of rotatable bonds is 6. The van der Waals surface area contributed by atoms with E-state index in [1.807, 2.05) is 59.2 Å². The van der Waals surface area contributed by atoms with Gasteiger partial charge < -0.3 is 10.3 Å². The first kappa shape index (κ1) is 22.7. The Kier molecular flexibility index (Phi) is 5.91. The summed E-state index contributed by atoms with van der Waals surface area (Å²) in [4.78, 5) is 22.3. The number of H-pyrrole nitrogens is 1. The number of aromatic amines is 1. The number of amides is 1. The van der Waals surface area contributed by atoms with Crippen LogP contribution in [0.2, 0.25) is 5.02 Å². The molecule has 3 aromatic heterocycles. The van der Waals surface area contributed by atoms with Crippen molar-refractivity contribution in [2.45, 2.75) is 32.9 Å². The van der Waals surface area contributed by atoms with Gasteiger partial charge in [-0.3, -0.25) is 14.4 Å². The molecule has 0 radical (unpaired) electrons. The summed E-state index contributed by atoms with van der Waals surface area (Å²) in [7, 11) is 0. The summed E-state index contributed by atoms with van der Waals surface area (Å²) < 4.78 is 2.04. The van der Waals surface area contributed by atoms with Crippen molar-refractivity contribution < 1.29 is 4.79 Å². The lowest BCUT2D eigenvalue weighted by atomic mass is 10.0. The molecule has 180 valence electrons. The molecule has 4 heterocycles. The molecule has 0 saturated heterocycles. The van der Waals surface area contributed by atoms with Gasteiger partial charge in [-0.1, -0.05) is 61.3 Å². The van der Waals surface area contributed by atoms with E-state index in [2.05, 4.69) is 33.5 Å². The van der Waals surface area contributed by atoms with E-state index >= 15 is 0 Å². The van der Waals surface area contributed by atoms with Crippen LogP contribution in [0.1, 0.15) is 51.5 Å². The number of benzene rings is 2. The minimum absolute atomic E-state index is 0.191. The zero-order chi connectivity index (χ0) is 24.6. The van der Waals surface area contributed by atoms with E-state index in [9.17, 15) is 4.79 Å². The molecule has 9 heteroatoms. The number of hydrogen-bond acceptors (Lipinski definition) is 5. The number of nitrogens with one attached hydrogen (secondary N) is 2. The topological polar surface area (TPSA) is 88.0 Å². The highest BCUT2D eigenvalue weighted by Gasteiger charge is 2.26. The van der Waals surface area contributed by atoms with Gasteiger partial charge >= 0.3 is 0 Å². The fourth-order valence-electron chi connectivity index (χ4n) is 4.51. The third kappa shape index (κ3) is 4.02. The molecular weight excluding hydrogens is 492 g/mol. The number of halogens is 1. The number of thiophene rings is 1. The fraction of sp³-hybridized carbons (Fsp3) is 0.185. The van der Waals surface area contributed by atoms with Gasteiger partial charge in [0, 0.05) is 31.9 Å². The van der Waals surface area contributed by atoms with Crippen LogP contribution in [-0.2, 0) is 19.5 Å². The third-order valence-electron chi connectivity index (χ3n) is 6.20. The average Bonchev–Trinajstić information content (AvgIpc) is 3.59. The fourth-order valence-corrected chi connectivity index (χ4v) is 6.03. The molecule has 0 unspecified atom stereocenters. The molecule has 1 aliphatic rings. The molecule has 0 atom stereocenters. The van der Waals surface area contributed by atoms with E-state index in [4.69, 9.17) is 16.6 Å². The van der Waals surface area contributed by atoms with Crippen molar-refractivity contribution in [3.05, 3.63) is 99.0 Å². The maximum absolute atomic E-state index is 12.9. The van der Waals surface area contributed by atoms with Crippen LogP contribution in [0.3, 0.4) is 0 Å². The van der Waals surface area contributed by atoms with Crippen molar-refractivity contribution in [1.82, 2.24) is 25.1 Å². The third-order valence-corrected chi connectivity index (χ3v) is 7.71. The molecule has 2 N–H and O–H groups in total. The molecule has 0 fully saturated rings. The molecule has 1 amide bonds. The molecule has 0 saturated carbocycles. The maximum Gasteiger partial charge on any atom is 0.268 e. The summed E-state index contributed by atoms with van der Waals surface area (Å²) >= 11 is 8.28. The van der Waals surface area contributed by atoms with Gasteiger partial charge in [0.05, 0.1) is 12.3 Å². The first-order chi connectivity index (χ1) is 17.6. The largest absolute Gasteiger partial charge is 0.351 e. The Morgan fingerprint density at radius 3 is 2.78 bits per heavy atom. The Labute approximate surface area is 216 Å². The highest BCUT2D eigenvalue weighted by molar-refractivity contribution is 7.15. The Morgan fingerprint density at radius 1 is 1.11 bits per heavy atom. The number of nitrogens with zero attached hydrogens (tertiary/aromatic N) is 4. The van der Waals surface area contributed by atoms with Crippen LogP contribution in [0.25, 0.3) is 15.9 Å². The highest BCUT2D eigenvalue weighted by atomic mass is 35.5. The van der Waals surface area contributed by atoms with Gasteiger partial charge in [-0.2, -0.15) is 0 Å². The second-order valence-electron chi connectivity index (χ2n) is 8.65.